The molecule has 0 bridgehead atoms. The number of nitrogens with one attached hydrogen (secondary N) is 1. The van der Waals surface area contributed by atoms with Crippen LogP contribution in [0.25, 0.3) is 11.4 Å². The highest BCUT2D eigenvalue weighted by molar-refractivity contribution is 5.79. The van der Waals surface area contributed by atoms with Crippen LogP contribution in [0, 0.1) is 5.92 Å². The number of benzene rings is 2. The van der Waals surface area contributed by atoms with Gasteiger partial charge in [-0.2, -0.15) is 4.98 Å². The number of hydrogen-bond acceptors (Lipinski definition) is 7. The second-order valence-electron chi connectivity index (χ2n) is 10.5. The monoisotopic (exact) mass is 517 g/mol. The summed E-state index contributed by atoms with van der Waals surface area (Å²) in [7, 11) is 1.64. The molecule has 0 aliphatic carbocycles. The Morgan fingerprint density at radius 1 is 0.974 bits per heavy atom. The van der Waals surface area contributed by atoms with Crippen LogP contribution in [0.4, 0.5) is 0 Å². The third kappa shape index (κ3) is 7.20. The molecule has 38 heavy (non-hydrogen) atoms. The van der Waals surface area contributed by atoms with Gasteiger partial charge in [-0.25, -0.2) is 0 Å². The number of carbonyl (C=O) groups excluding carboxylic acids is 1. The van der Waals surface area contributed by atoms with Crippen molar-refractivity contribution in [3.8, 4) is 17.1 Å². The fourth-order valence-electron chi connectivity index (χ4n) is 5.50. The van der Waals surface area contributed by atoms with Crippen LogP contribution in [0.5, 0.6) is 5.75 Å². The summed E-state index contributed by atoms with van der Waals surface area (Å²) in [6, 6.07) is 16.3. The average Bonchev–Trinajstić information content (AvgIpc) is 3.27. The minimum Gasteiger partial charge on any atom is -0.497 e. The smallest absolute Gasteiger partial charge is 0.241 e. The first-order chi connectivity index (χ1) is 18.7. The second kappa shape index (κ2) is 13.0. The molecule has 2 aliphatic heterocycles. The van der Waals surface area contributed by atoms with E-state index in [-0.39, 0.29) is 11.8 Å². The van der Waals surface area contributed by atoms with E-state index in [0.29, 0.717) is 31.3 Å². The number of rotatable bonds is 9. The summed E-state index contributed by atoms with van der Waals surface area (Å²) in [5, 5.41) is 7.33. The van der Waals surface area contributed by atoms with Gasteiger partial charge in [-0.3, -0.25) is 14.6 Å². The lowest BCUT2D eigenvalue weighted by atomic mass is 9.97. The molecule has 2 aliphatic rings. The number of aromatic nitrogens is 2. The van der Waals surface area contributed by atoms with Crippen molar-refractivity contribution in [2.45, 2.75) is 58.2 Å². The Morgan fingerprint density at radius 2 is 1.74 bits per heavy atom. The van der Waals surface area contributed by atoms with Gasteiger partial charge in [0, 0.05) is 25.2 Å². The third-order valence-electron chi connectivity index (χ3n) is 7.61. The van der Waals surface area contributed by atoms with Crippen LogP contribution in [0.3, 0.4) is 0 Å². The topological polar surface area (TPSA) is 83.7 Å². The normalized spacial score (nSPS) is 19.1. The van der Waals surface area contributed by atoms with Gasteiger partial charge in [0.15, 0.2) is 0 Å². The van der Waals surface area contributed by atoms with Crippen LogP contribution in [0.2, 0.25) is 0 Å². The zero-order chi connectivity index (χ0) is 26.2. The Morgan fingerprint density at radius 3 is 2.53 bits per heavy atom. The van der Waals surface area contributed by atoms with Crippen LogP contribution in [0.15, 0.2) is 53.1 Å². The maximum Gasteiger partial charge on any atom is 0.241 e. The first-order valence-electron chi connectivity index (χ1n) is 13.9. The molecular formula is C30H39N5O3. The number of nitrogens with zero attached hydrogens (tertiary/aromatic N) is 4. The summed E-state index contributed by atoms with van der Waals surface area (Å²) >= 11 is 0. The summed E-state index contributed by atoms with van der Waals surface area (Å²) in [6.07, 6.45) is 7.16. The molecule has 5 rings (SSSR count). The van der Waals surface area contributed by atoms with Gasteiger partial charge in [-0.1, -0.05) is 42.3 Å². The highest BCUT2D eigenvalue weighted by Crippen LogP contribution is 2.22. The Bertz CT molecular complexity index is 1170. The van der Waals surface area contributed by atoms with Crippen LogP contribution >= 0.6 is 0 Å². The Kier molecular flexibility index (Phi) is 9.04. The van der Waals surface area contributed by atoms with E-state index in [1.165, 1.54) is 44.3 Å². The number of methoxy groups -OCH3 is 1. The van der Waals surface area contributed by atoms with Gasteiger partial charge in [0.25, 0.3) is 0 Å². The maximum absolute atomic E-state index is 13.0. The lowest BCUT2D eigenvalue weighted by Gasteiger charge is -2.30. The predicted octanol–water partition coefficient (Wildman–Crippen LogP) is 4.65. The molecule has 8 nitrogen and oxygen atoms in total. The van der Waals surface area contributed by atoms with Crippen molar-refractivity contribution in [3.05, 3.63) is 65.5 Å². The van der Waals surface area contributed by atoms with Crippen molar-refractivity contribution in [2.75, 3.05) is 33.3 Å². The zero-order valence-corrected chi connectivity index (χ0v) is 22.4. The van der Waals surface area contributed by atoms with E-state index in [0.717, 1.165) is 42.8 Å². The summed E-state index contributed by atoms with van der Waals surface area (Å²) in [5.74, 6) is 2.01. The van der Waals surface area contributed by atoms with Crippen molar-refractivity contribution in [2.24, 2.45) is 5.92 Å². The summed E-state index contributed by atoms with van der Waals surface area (Å²) < 4.78 is 10.7. The van der Waals surface area contributed by atoms with Crippen molar-refractivity contribution >= 4 is 5.91 Å². The van der Waals surface area contributed by atoms with Crippen molar-refractivity contribution in [1.29, 1.82) is 0 Å². The van der Waals surface area contributed by atoms with Gasteiger partial charge in [-0.15, -0.1) is 0 Å². The van der Waals surface area contributed by atoms with E-state index in [1.807, 2.05) is 24.3 Å². The van der Waals surface area contributed by atoms with Crippen LogP contribution < -0.4 is 10.1 Å². The minimum atomic E-state index is -0.0342. The van der Waals surface area contributed by atoms with Gasteiger partial charge in [0.1, 0.15) is 5.75 Å². The number of amides is 1. The Labute approximate surface area is 225 Å². The van der Waals surface area contributed by atoms with Crippen LogP contribution in [-0.4, -0.2) is 59.1 Å². The molecule has 1 unspecified atom stereocenters. The molecule has 0 spiro atoms. The van der Waals surface area contributed by atoms with Crippen molar-refractivity contribution in [1.82, 2.24) is 25.3 Å². The van der Waals surface area contributed by atoms with E-state index in [2.05, 4.69) is 49.5 Å². The fraction of sp³-hybridized carbons (Fsp3) is 0.500. The Hall–Kier alpha value is -3.23. The van der Waals surface area contributed by atoms with E-state index >= 15 is 0 Å². The highest BCUT2D eigenvalue weighted by Gasteiger charge is 2.27. The molecule has 2 aromatic carbocycles. The van der Waals surface area contributed by atoms with E-state index in [9.17, 15) is 4.79 Å². The first-order valence-corrected chi connectivity index (χ1v) is 13.9. The summed E-state index contributed by atoms with van der Waals surface area (Å²) in [5.41, 5.74) is 3.37. The molecule has 0 saturated carbocycles. The number of hydrogen-bond donors (Lipinski definition) is 1. The summed E-state index contributed by atoms with van der Waals surface area (Å²) in [6.45, 7) is 6.10. The summed E-state index contributed by atoms with van der Waals surface area (Å²) in [4.78, 5) is 22.4. The molecule has 3 aromatic rings. The zero-order valence-electron chi connectivity index (χ0n) is 22.4. The van der Waals surface area contributed by atoms with Gasteiger partial charge in [-0.05, 0) is 80.7 Å². The third-order valence-corrected chi connectivity index (χ3v) is 7.61. The molecule has 8 heteroatoms. The van der Waals surface area contributed by atoms with Crippen molar-refractivity contribution in [3.63, 3.8) is 0 Å². The molecule has 1 aromatic heterocycles. The van der Waals surface area contributed by atoms with E-state index in [4.69, 9.17) is 9.26 Å². The van der Waals surface area contributed by atoms with Crippen molar-refractivity contribution < 1.29 is 14.1 Å². The van der Waals surface area contributed by atoms with E-state index in [1.54, 1.807) is 7.11 Å². The number of likely N-dealkylation sites (tertiary alicyclic amines) is 2. The van der Waals surface area contributed by atoms with Gasteiger partial charge in [0.2, 0.25) is 17.6 Å². The van der Waals surface area contributed by atoms with Crippen LogP contribution in [-0.2, 0) is 24.4 Å². The Balaban J connectivity index is 1.10. The molecule has 1 amide bonds. The second-order valence-corrected chi connectivity index (χ2v) is 10.5. The molecule has 1 N–H and O–H groups in total. The SMILES string of the molecule is COc1ccc(-c2noc(CN3CCCC(C(=O)NCc4cccc(CN5CCCCCC5)c4)C3)n2)cc1. The molecule has 1 atom stereocenters. The first kappa shape index (κ1) is 26.4. The molecule has 202 valence electrons. The quantitative estimate of drug-likeness (QED) is 0.442. The fourth-order valence-corrected chi connectivity index (χ4v) is 5.50. The molecular weight excluding hydrogens is 478 g/mol. The molecule has 2 fully saturated rings. The minimum absolute atomic E-state index is 0.0342. The van der Waals surface area contributed by atoms with Crippen LogP contribution in [0.1, 0.15) is 55.5 Å². The molecule has 0 radical (unpaired) electrons. The van der Waals surface area contributed by atoms with Gasteiger partial charge in [0.05, 0.1) is 19.6 Å². The predicted molar refractivity (Wildman–Crippen MR) is 146 cm³/mol. The lowest BCUT2D eigenvalue weighted by molar-refractivity contribution is -0.127. The highest BCUT2D eigenvalue weighted by atomic mass is 16.5. The number of ether oxygens (including phenoxy) is 1. The van der Waals surface area contributed by atoms with Gasteiger partial charge >= 0.3 is 0 Å². The number of piperidine rings is 1. The van der Waals surface area contributed by atoms with Gasteiger partial charge < -0.3 is 14.6 Å². The number of carbonyl (C=O) groups is 1. The largest absolute Gasteiger partial charge is 0.497 e. The average molecular weight is 518 g/mol. The molecule has 2 saturated heterocycles. The van der Waals surface area contributed by atoms with E-state index < -0.39 is 0 Å². The molecule has 3 heterocycles. The lowest BCUT2D eigenvalue weighted by Crippen LogP contribution is -2.42. The maximum atomic E-state index is 13.0. The standard InChI is InChI=1S/C30H39N5O3/c1-37-27-13-11-25(12-14-27)29-32-28(38-33-29)22-35-17-7-10-26(21-35)30(36)31-19-23-8-6-9-24(18-23)20-34-15-4-2-3-5-16-34/h6,8-9,11-14,18,26H,2-5,7,10,15-17,19-22H2,1H3,(H,31,36).